The van der Waals surface area contributed by atoms with Crippen LogP contribution >= 0.6 is 11.6 Å². The Kier molecular flexibility index (Phi) is 3.28. The van der Waals surface area contributed by atoms with E-state index in [4.69, 9.17) is 20.9 Å². The van der Waals surface area contributed by atoms with E-state index in [1.807, 2.05) is 13.8 Å². The number of benzene rings is 1. The predicted octanol–water partition coefficient (Wildman–Crippen LogP) is 2.98. The molecule has 1 aromatic heterocycles. The molecule has 0 saturated heterocycles. The van der Waals surface area contributed by atoms with Crippen molar-refractivity contribution in [1.82, 2.24) is 10.1 Å². The molecular formula is C12H13ClN2O3. The summed E-state index contributed by atoms with van der Waals surface area (Å²) in [4.78, 5) is 4.24. The second kappa shape index (κ2) is 4.59. The maximum absolute atomic E-state index is 9.53. The highest BCUT2D eigenvalue weighted by atomic mass is 35.5. The molecule has 0 unspecified atom stereocenters. The summed E-state index contributed by atoms with van der Waals surface area (Å²) in [6, 6.07) is 4.73. The number of nitrogens with zero attached hydrogens (tertiary/aromatic N) is 2. The molecule has 1 heterocycles. The third-order valence-electron chi connectivity index (χ3n) is 2.67. The summed E-state index contributed by atoms with van der Waals surface area (Å²) in [5, 5.41) is 13.7. The van der Waals surface area contributed by atoms with Gasteiger partial charge >= 0.3 is 0 Å². The zero-order valence-corrected chi connectivity index (χ0v) is 11.0. The number of phenolic OH excluding ortho intramolecular Hbond substituents is 1. The zero-order chi connectivity index (χ0) is 13.3. The molecule has 1 N–H and O–H groups in total. The number of rotatable bonds is 3. The molecule has 0 amide bonds. The van der Waals surface area contributed by atoms with Crippen LogP contribution in [0.3, 0.4) is 0 Å². The molecule has 1 aromatic carbocycles. The van der Waals surface area contributed by atoms with Crippen molar-refractivity contribution in [3.05, 3.63) is 29.0 Å². The maximum atomic E-state index is 9.53. The first-order chi connectivity index (χ1) is 8.44. The minimum absolute atomic E-state index is 0.0279. The Morgan fingerprint density at radius 3 is 2.72 bits per heavy atom. The smallest absolute Gasteiger partial charge is 0.258 e. The van der Waals surface area contributed by atoms with E-state index in [2.05, 4.69) is 10.1 Å². The van der Waals surface area contributed by atoms with E-state index in [0.29, 0.717) is 17.3 Å². The van der Waals surface area contributed by atoms with Crippen LogP contribution in [-0.2, 0) is 10.3 Å². The highest BCUT2D eigenvalue weighted by Gasteiger charge is 2.26. The van der Waals surface area contributed by atoms with E-state index < -0.39 is 5.60 Å². The lowest BCUT2D eigenvalue weighted by molar-refractivity contribution is 0.00973. The predicted molar refractivity (Wildman–Crippen MR) is 66.4 cm³/mol. The lowest BCUT2D eigenvalue weighted by atomic mass is 10.1. The van der Waals surface area contributed by atoms with Gasteiger partial charge in [0, 0.05) is 12.7 Å². The van der Waals surface area contributed by atoms with Crippen LogP contribution in [-0.4, -0.2) is 22.4 Å². The first-order valence-corrected chi connectivity index (χ1v) is 5.70. The molecule has 96 valence electrons. The molecule has 0 atom stereocenters. The molecule has 0 aliphatic rings. The van der Waals surface area contributed by atoms with Gasteiger partial charge in [0.1, 0.15) is 11.4 Å². The molecule has 0 spiro atoms. The summed E-state index contributed by atoms with van der Waals surface area (Å²) in [5.41, 5.74) is -0.0292. The average molecular weight is 269 g/mol. The van der Waals surface area contributed by atoms with E-state index in [1.165, 1.54) is 6.07 Å². The Hall–Kier alpha value is -1.59. The third-order valence-corrected chi connectivity index (χ3v) is 2.99. The van der Waals surface area contributed by atoms with E-state index in [-0.39, 0.29) is 10.8 Å². The minimum Gasteiger partial charge on any atom is -0.506 e. The van der Waals surface area contributed by atoms with Crippen molar-refractivity contribution in [3.63, 3.8) is 0 Å². The monoisotopic (exact) mass is 268 g/mol. The highest BCUT2D eigenvalue weighted by molar-refractivity contribution is 6.32. The van der Waals surface area contributed by atoms with Crippen molar-refractivity contribution in [2.75, 3.05) is 7.11 Å². The third kappa shape index (κ3) is 2.32. The number of hydrogen-bond donors (Lipinski definition) is 1. The van der Waals surface area contributed by atoms with Gasteiger partial charge in [-0.2, -0.15) is 4.98 Å². The summed E-state index contributed by atoms with van der Waals surface area (Å²) in [5.74, 6) is 0.719. The van der Waals surface area contributed by atoms with Crippen LogP contribution in [0.25, 0.3) is 11.5 Å². The molecule has 2 rings (SSSR count). The molecule has 5 nitrogen and oxygen atoms in total. The van der Waals surface area contributed by atoms with Crippen molar-refractivity contribution >= 4 is 11.6 Å². The second-order valence-electron chi connectivity index (χ2n) is 4.30. The van der Waals surface area contributed by atoms with Gasteiger partial charge < -0.3 is 14.4 Å². The lowest BCUT2D eigenvalue weighted by Gasteiger charge is -2.17. The molecule has 0 radical (unpaired) electrons. The van der Waals surface area contributed by atoms with Crippen molar-refractivity contribution in [3.8, 4) is 17.2 Å². The van der Waals surface area contributed by atoms with E-state index in [9.17, 15) is 5.11 Å². The first kappa shape index (κ1) is 12.9. The second-order valence-corrected chi connectivity index (χ2v) is 4.71. The van der Waals surface area contributed by atoms with Crippen LogP contribution in [0.1, 0.15) is 19.7 Å². The highest BCUT2D eigenvalue weighted by Crippen LogP contribution is 2.30. The van der Waals surface area contributed by atoms with Crippen molar-refractivity contribution < 1.29 is 14.4 Å². The van der Waals surface area contributed by atoms with Gasteiger partial charge in [-0.3, -0.25) is 0 Å². The van der Waals surface area contributed by atoms with Crippen molar-refractivity contribution in [2.45, 2.75) is 19.4 Å². The topological polar surface area (TPSA) is 68.4 Å². The minimum atomic E-state index is -0.629. The van der Waals surface area contributed by atoms with Gasteiger partial charge in [0.15, 0.2) is 0 Å². The summed E-state index contributed by atoms with van der Waals surface area (Å²) in [6.45, 7) is 3.67. The van der Waals surface area contributed by atoms with Crippen molar-refractivity contribution in [2.24, 2.45) is 0 Å². The van der Waals surface area contributed by atoms with Crippen LogP contribution in [0, 0.1) is 0 Å². The fraction of sp³-hybridized carbons (Fsp3) is 0.333. The Bertz CT molecular complexity index is 566. The van der Waals surface area contributed by atoms with Gasteiger partial charge in [0.2, 0.25) is 5.82 Å². The Morgan fingerprint density at radius 2 is 2.11 bits per heavy atom. The van der Waals surface area contributed by atoms with Crippen LogP contribution in [0.2, 0.25) is 5.02 Å². The molecule has 6 heteroatoms. The van der Waals surface area contributed by atoms with E-state index in [1.54, 1.807) is 19.2 Å². The number of aromatic hydroxyl groups is 1. The lowest BCUT2D eigenvalue weighted by Crippen LogP contribution is -2.21. The number of ether oxygens (including phenoxy) is 1. The molecule has 0 bridgehead atoms. The summed E-state index contributed by atoms with van der Waals surface area (Å²) < 4.78 is 10.4. The Labute approximate surface area is 109 Å². The van der Waals surface area contributed by atoms with Crippen LogP contribution in [0.4, 0.5) is 0 Å². The van der Waals surface area contributed by atoms with Gasteiger partial charge in [-0.25, -0.2) is 0 Å². The number of halogens is 1. The Balaban J connectivity index is 2.38. The molecule has 0 fully saturated rings. The largest absolute Gasteiger partial charge is 0.506 e. The standard InChI is InChI=1S/C12H13ClN2O3/c1-12(2,17-3)11-14-10(18-15-11)7-4-5-8(13)9(16)6-7/h4-6,16H,1-3H3. The number of methoxy groups -OCH3 is 1. The number of aromatic nitrogens is 2. The quantitative estimate of drug-likeness (QED) is 0.927. The summed E-state index contributed by atoms with van der Waals surface area (Å²) >= 11 is 5.73. The fourth-order valence-corrected chi connectivity index (χ4v) is 1.44. The zero-order valence-electron chi connectivity index (χ0n) is 10.3. The van der Waals surface area contributed by atoms with Crippen LogP contribution in [0.5, 0.6) is 5.75 Å². The van der Waals surface area contributed by atoms with Crippen LogP contribution < -0.4 is 0 Å². The molecule has 0 aliphatic carbocycles. The van der Waals surface area contributed by atoms with Gasteiger partial charge in [-0.1, -0.05) is 16.8 Å². The Morgan fingerprint density at radius 1 is 1.39 bits per heavy atom. The van der Waals surface area contributed by atoms with Gasteiger partial charge in [-0.15, -0.1) is 0 Å². The first-order valence-electron chi connectivity index (χ1n) is 5.32. The van der Waals surface area contributed by atoms with E-state index >= 15 is 0 Å². The normalized spacial score (nSPS) is 11.8. The molecule has 0 saturated carbocycles. The molecule has 0 aliphatic heterocycles. The fourth-order valence-electron chi connectivity index (χ4n) is 1.32. The van der Waals surface area contributed by atoms with Gasteiger partial charge in [0.05, 0.1) is 5.02 Å². The van der Waals surface area contributed by atoms with E-state index in [0.717, 1.165) is 0 Å². The van der Waals surface area contributed by atoms with Gasteiger partial charge in [0.25, 0.3) is 5.89 Å². The summed E-state index contributed by atoms with van der Waals surface area (Å²) in [6.07, 6.45) is 0. The van der Waals surface area contributed by atoms with Gasteiger partial charge in [-0.05, 0) is 32.0 Å². The number of phenols is 1. The average Bonchev–Trinajstić information content (AvgIpc) is 2.83. The maximum Gasteiger partial charge on any atom is 0.258 e. The SMILES string of the molecule is COC(C)(C)c1noc(-c2ccc(Cl)c(O)c2)n1. The summed E-state index contributed by atoms with van der Waals surface area (Å²) in [7, 11) is 1.57. The molecule has 18 heavy (non-hydrogen) atoms. The van der Waals surface area contributed by atoms with Crippen molar-refractivity contribution in [1.29, 1.82) is 0 Å². The molecule has 2 aromatic rings. The van der Waals surface area contributed by atoms with Crippen LogP contribution in [0.15, 0.2) is 22.7 Å². The molecular weight excluding hydrogens is 256 g/mol. The number of hydrogen-bond acceptors (Lipinski definition) is 5.